The Morgan fingerprint density at radius 1 is 1.30 bits per heavy atom. The predicted octanol–water partition coefficient (Wildman–Crippen LogP) is 2.71. The monoisotopic (exact) mass is 392 g/mol. The zero-order valence-electron chi connectivity index (χ0n) is 15.7. The second kappa shape index (κ2) is 9.30. The van der Waals surface area contributed by atoms with Gasteiger partial charge in [-0.2, -0.15) is 4.98 Å². The molecular formula is C19H25ClN4O3. The van der Waals surface area contributed by atoms with Gasteiger partial charge in [0.15, 0.2) is 5.82 Å². The molecule has 7 nitrogen and oxygen atoms in total. The molecule has 0 amide bonds. The van der Waals surface area contributed by atoms with E-state index < -0.39 is 6.04 Å². The average molecular weight is 393 g/mol. The normalized spacial score (nSPS) is 17.0. The number of hydrogen-bond donors (Lipinski definition) is 0. The number of piperazine rings is 1. The van der Waals surface area contributed by atoms with Crippen LogP contribution in [0.3, 0.4) is 0 Å². The third-order valence-electron chi connectivity index (χ3n) is 4.74. The molecule has 27 heavy (non-hydrogen) atoms. The van der Waals surface area contributed by atoms with Gasteiger partial charge in [0, 0.05) is 37.6 Å². The fourth-order valence-electron chi connectivity index (χ4n) is 3.33. The minimum absolute atomic E-state index is 0.294. The molecule has 1 fully saturated rings. The van der Waals surface area contributed by atoms with Crippen LogP contribution in [0, 0.1) is 0 Å². The number of benzene rings is 1. The van der Waals surface area contributed by atoms with Gasteiger partial charge in [-0.15, -0.1) is 0 Å². The molecule has 8 heteroatoms. The number of nitrogens with zero attached hydrogens (tertiary/aromatic N) is 4. The topological polar surface area (TPSA) is 71.7 Å². The minimum Gasteiger partial charge on any atom is -0.468 e. The molecule has 0 saturated carbocycles. The number of esters is 1. The molecule has 0 N–H and O–H groups in total. The van der Waals surface area contributed by atoms with Gasteiger partial charge < -0.3 is 9.26 Å². The van der Waals surface area contributed by atoms with E-state index in [2.05, 4.69) is 26.9 Å². The lowest BCUT2D eigenvalue weighted by Crippen LogP contribution is -2.49. The van der Waals surface area contributed by atoms with Crippen LogP contribution in [-0.2, 0) is 22.5 Å². The fourth-order valence-corrected chi connectivity index (χ4v) is 3.57. The summed E-state index contributed by atoms with van der Waals surface area (Å²) in [5.74, 6) is 1.11. The summed E-state index contributed by atoms with van der Waals surface area (Å²) in [5.41, 5.74) is 0.778. The molecule has 1 aliphatic rings. The molecule has 1 aromatic carbocycles. The summed E-state index contributed by atoms with van der Waals surface area (Å²) in [6.07, 6.45) is 1.82. The molecule has 2 aromatic rings. The molecule has 0 bridgehead atoms. The number of rotatable bonds is 7. The van der Waals surface area contributed by atoms with Gasteiger partial charge in [0.05, 0.1) is 13.7 Å². The lowest BCUT2D eigenvalue weighted by atomic mass is 10.0. The van der Waals surface area contributed by atoms with Crippen molar-refractivity contribution in [3.8, 4) is 0 Å². The summed E-state index contributed by atoms with van der Waals surface area (Å²) < 4.78 is 10.4. The van der Waals surface area contributed by atoms with Gasteiger partial charge in [-0.05, 0) is 18.1 Å². The number of carbonyl (C=O) groups is 1. The smallest absolute Gasteiger partial charge is 0.327 e. The van der Waals surface area contributed by atoms with Crippen molar-refractivity contribution in [2.24, 2.45) is 0 Å². The van der Waals surface area contributed by atoms with Crippen molar-refractivity contribution in [3.63, 3.8) is 0 Å². The van der Waals surface area contributed by atoms with E-state index >= 15 is 0 Å². The molecule has 1 atom stereocenters. The minimum atomic E-state index is -0.495. The number of carbonyl (C=O) groups excluding carboxylic acids is 1. The van der Waals surface area contributed by atoms with Crippen LogP contribution < -0.4 is 0 Å². The molecule has 1 unspecified atom stereocenters. The van der Waals surface area contributed by atoms with Crippen LogP contribution in [0.1, 0.15) is 36.7 Å². The maximum atomic E-state index is 12.4. The van der Waals surface area contributed by atoms with Crippen molar-refractivity contribution >= 4 is 17.6 Å². The maximum absolute atomic E-state index is 12.4. The lowest BCUT2D eigenvalue weighted by Gasteiger charge is -2.37. The molecule has 146 valence electrons. The van der Waals surface area contributed by atoms with E-state index in [1.807, 2.05) is 18.2 Å². The predicted molar refractivity (Wildman–Crippen MR) is 101 cm³/mol. The molecule has 1 saturated heterocycles. The Hall–Kier alpha value is -1.96. The Bertz CT molecular complexity index is 759. The zero-order chi connectivity index (χ0) is 19.2. The van der Waals surface area contributed by atoms with Crippen LogP contribution in [0.25, 0.3) is 0 Å². The number of aryl methyl sites for hydroxylation is 1. The first-order chi connectivity index (χ1) is 13.1. The van der Waals surface area contributed by atoms with Crippen molar-refractivity contribution in [2.75, 3.05) is 33.3 Å². The molecular weight excluding hydrogens is 368 g/mol. The third-order valence-corrected chi connectivity index (χ3v) is 5.08. The maximum Gasteiger partial charge on any atom is 0.327 e. The molecule has 1 aliphatic heterocycles. The van der Waals surface area contributed by atoms with E-state index in [1.165, 1.54) is 7.11 Å². The van der Waals surface area contributed by atoms with Crippen LogP contribution in [0.2, 0.25) is 5.02 Å². The summed E-state index contributed by atoms with van der Waals surface area (Å²) in [6, 6.07) is 6.92. The van der Waals surface area contributed by atoms with Gasteiger partial charge in [0.25, 0.3) is 0 Å². The summed E-state index contributed by atoms with van der Waals surface area (Å²) >= 11 is 6.33. The highest BCUT2D eigenvalue weighted by atomic mass is 35.5. The molecule has 0 radical (unpaired) electrons. The first kappa shape index (κ1) is 19.8. The van der Waals surface area contributed by atoms with Gasteiger partial charge >= 0.3 is 5.97 Å². The van der Waals surface area contributed by atoms with Crippen molar-refractivity contribution in [2.45, 2.75) is 32.4 Å². The van der Waals surface area contributed by atoms with Crippen molar-refractivity contribution < 1.29 is 14.1 Å². The molecule has 3 rings (SSSR count). The van der Waals surface area contributed by atoms with E-state index in [4.69, 9.17) is 20.9 Å². The van der Waals surface area contributed by atoms with Gasteiger partial charge in [-0.3, -0.25) is 9.80 Å². The number of aromatic nitrogens is 2. The SMILES string of the molecule is CCCc1noc(CN2CCN(C(C(=O)OC)c3ccccc3Cl)CC2)n1. The number of ether oxygens (including phenoxy) is 1. The quantitative estimate of drug-likeness (QED) is 0.671. The summed E-state index contributed by atoms with van der Waals surface area (Å²) in [4.78, 5) is 21.2. The Morgan fingerprint density at radius 3 is 2.70 bits per heavy atom. The van der Waals surface area contributed by atoms with Crippen LogP contribution in [0.15, 0.2) is 28.8 Å². The largest absolute Gasteiger partial charge is 0.468 e. The molecule has 1 aromatic heterocycles. The van der Waals surface area contributed by atoms with E-state index in [0.717, 1.165) is 50.4 Å². The van der Waals surface area contributed by atoms with E-state index in [9.17, 15) is 4.79 Å². The molecule has 2 heterocycles. The van der Waals surface area contributed by atoms with Crippen molar-refractivity contribution in [1.82, 2.24) is 19.9 Å². The van der Waals surface area contributed by atoms with Gasteiger partial charge in [-0.1, -0.05) is 41.9 Å². The third kappa shape index (κ3) is 4.86. The van der Waals surface area contributed by atoms with Crippen LogP contribution in [-0.4, -0.2) is 59.2 Å². The van der Waals surface area contributed by atoms with Crippen LogP contribution in [0.5, 0.6) is 0 Å². The van der Waals surface area contributed by atoms with Crippen LogP contribution >= 0.6 is 11.6 Å². The highest BCUT2D eigenvalue weighted by Gasteiger charge is 2.32. The fraction of sp³-hybridized carbons (Fsp3) is 0.526. The second-order valence-electron chi connectivity index (χ2n) is 6.61. The highest BCUT2D eigenvalue weighted by Crippen LogP contribution is 2.29. The van der Waals surface area contributed by atoms with E-state index in [0.29, 0.717) is 17.5 Å². The van der Waals surface area contributed by atoms with Gasteiger partial charge in [-0.25, -0.2) is 4.79 Å². The standard InChI is InChI=1S/C19H25ClN4O3/c1-3-6-16-21-17(27-22-16)13-23-9-11-24(12-10-23)18(19(25)26-2)14-7-4-5-8-15(14)20/h4-5,7-8,18H,3,6,9-13H2,1-2H3. The number of halogens is 1. The first-order valence-electron chi connectivity index (χ1n) is 9.22. The zero-order valence-corrected chi connectivity index (χ0v) is 16.5. The van der Waals surface area contributed by atoms with E-state index in [1.54, 1.807) is 6.07 Å². The lowest BCUT2D eigenvalue weighted by molar-refractivity contribution is -0.148. The molecule has 0 aliphatic carbocycles. The summed E-state index contributed by atoms with van der Waals surface area (Å²) in [5, 5.41) is 4.57. The van der Waals surface area contributed by atoms with Crippen LogP contribution in [0.4, 0.5) is 0 Å². The Kier molecular flexibility index (Phi) is 6.82. The summed E-state index contributed by atoms with van der Waals surface area (Å²) in [7, 11) is 1.41. The summed E-state index contributed by atoms with van der Waals surface area (Å²) in [6.45, 7) is 5.75. The first-order valence-corrected chi connectivity index (χ1v) is 9.60. The van der Waals surface area contributed by atoms with Crippen molar-refractivity contribution in [3.05, 3.63) is 46.6 Å². The average Bonchev–Trinajstić information content (AvgIpc) is 3.12. The Morgan fingerprint density at radius 2 is 2.04 bits per heavy atom. The Balaban J connectivity index is 1.63. The number of methoxy groups -OCH3 is 1. The van der Waals surface area contributed by atoms with E-state index in [-0.39, 0.29) is 5.97 Å². The van der Waals surface area contributed by atoms with Gasteiger partial charge in [0.2, 0.25) is 5.89 Å². The Labute approximate surface area is 164 Å². The highest BCUT2D eigenvalue weighted by molar-refractivity contribution is 6.31. The number of hydrogen-bond acceptors (Lipinski definition) is 7. The van der Waals surface area contributed by atoms with Gasteiger partial charge in [0.1, 0.15) is 6.04 Å². The molecule has 0 spiro atoms. The van der Waals surface area contributed by atoms with Crippen molar-refractivity contribution in [1.29, 1.82) is 0 Å². The second-order valence-corrected chi connectivity index (χ2v) is 7.02.